The summed E-state index contributed by atoms with van der Waals surface area (Å²) in [5, 5.41) is 0. The van der Waals surface area contributed by atoms with Crippen molar-refractivity contribution in [3.8, 4) is 0 Å². The van der Waals surface area contributed by atoms with Crippen LogP contribution in [0.15, 0.2) is 24.3 Å². The molecule has 0 amide bonds. The Labute approximate surface area is 148 Å². The second kappa shape index (κ2) is 8.98. The molecule has 2 rings (SSSR count). The fourth-order valence-corrected chi connectivity index (χ4v) is 3.20. The molecule has 1 unspecified atom stereocenters. The molecule has 1 aromatic carbocycles. The van der Waals surface area contributed by atoms with Crippen molar-refractivity contribution >= 4 is 0 Å². The third-order valence-electron chi connectivity index (χ3n) is 4.92. The lowest BCUT2D eigenvalue weighted by molar-refractivity contribution is -0.0818. The van der Waals surface area contributed by atoms with Gasteiger partial charge in [-0.3, -0.25) is 0 Å². The maximum atomic E-state index is 6.20. The fourth-order valence-electron chi connectivity index (χ4n) is 3.20. The highest BCUT2D eigenvalue weighted by molar-refractivity contribution is 5.26. The molecule has 1 fully saturated rings. The third kappa shape index (κ3) is 5.30. The van der Waals surface area contributed by atoms with Crippen LogP contribution < -0.4 is 5.73 Å². The molecule has 0 spiro atoms. The Morgan fingerprint density at radius 1 is 1.21 bits per heavy atom. The largest absolute Gasteiger partial charge is 0.373 e. The lowest BCUT2D eigenvalue weighted by atomic mass is 9.87. The van der Waals surface area contributed by atoms with E-state index in [-0.39, 0.29) is 11.5 Å². The van der Waals surface area contributed by atoms with Crippen LogP contribution in [0.1, 0.15) is 65.0 Å². The maximum Gasteiger partial charge on any atom is 0.147 e. The molecule has 0 saturated carbocycles. The van der Waals surface area contributed by atoms with Crippen LogP contribution in [0, 0.1) is 12.8 Å². The molecule has 3 heteroatoms. The third-order valence-corrected chi connectivity index (χ3v) is 4.92. The first kappa shape index (κ1) is 21.1. The number of ether oxygens (including phenoxy) is 2. The van der Waals surface area contributed by atoms with E-state index in [0.717, 1.165) is 25.9 Å². The second-order valence-electron chi connectivity index (χ2n) is 7.89. The molecule has 1 aliphatic rings. The van der Waals surface area contributed by atoms with E-state index in [1.54, 1.807) is 7.11 Å². The molecule has 0 bridgehead atoms. The summed E-state index contributed by atoms with van der Waals surface area (Å²) in [5.74, 6) is 0.354. The van der Waals surface area contributed by atoms with Crippen molar-refractivity contribution in [1.29, 1.82) is 0 Å². The molecule has 3 atom stereocenters. The number of rotatable bonds is 4. The van der Waals surface area contributed by atoms with E-state index in [2.05, 4.69) is 65.8 Å². The maximum absolute atomic E-state index is 6.20. The van der Waals surface area contributed by atoms with Crippen LogP contribution in [-0.2, 0) is 14.9 Å². The average molecular weight is 336 g/mol. The summed E-state index contributed by atoms with van der Waals surface area (Å²) < 4.78 is 11.0. The molecule has 1 aliphatic heterocycles. The normalized spacial score (nSPS) is 26.8. The van der Waals surface area contributed by atoms with Gasteiger partial charge in [-0.15, -0.1) is 0 Å². The summed E-state index contributed by atoms with van der Waals surface area (Å²) in [6, 6.07) is 8.74. The highest BCUT2D eigenvalue weighted by Gasteiger charge is 2.47. The molecule has 138 valence electrons. The summed E-state index contributed by atoms with van der Waals surface area (Å²) in [4.78, 5) is 0. The van der Waals surface area contributed by atoms with Crippen molar-refractivity contribution in [2.75, 3.05) is 13.7 Å². The highest BCUT2D eigenvalue weighted by atomic mass is 16.6. The number of nitrogens with two attached hydrogens (primary N) is 1. The zero-order valence-corrected chi connectivity index (χ0v) is 16.7. The Morgan fingerprint density at radius 3 is 2.21 bits per heavy atom. The van der Waals surface area contributed by atoms with Gasteiger partial charge in [0.05, 0.1) is 12.7 Å². The van der Waals surface area contributed by atoms with Crippen molar-refractivity contribution in [2.24, 2.45) is 11.7 Å². The van der Waals surface area contributed by atoms with E-state index in [1.807, 2.05) is 0 Å². The van der Waals surface area contributed by atoms with Gasteiger partial charge >= 0.3 is 0 Å². The van der Waals surface area contributed by atoms with Gasteiger partial charge in [0.2, 0.25) is 0 Å². The predicted molar refractivity (Wildman–Crippen MR) is 102 cm³/mol. The van der Waals surface area contributed by atoms with E-state index < -0.39 is 5.72 Å². The van der Waals surface area contributed by atoms with Gasteiger partial charge in [0.25, 0.3) is 0 Å². The Hall–Kier alpha value is -0.900. The minimum absolute atomic E-state index is 0.0639. The van der Waals surface area contributed by atoms with Crippen LogP contribution in [0.3, 0.4) is 0 Å². The zero-order chi connectivity index (χ0) is 18.4. The minimum atomic E-state index is -0.551. The van der Waals surface area contributed by atoms with Crippen LogP contribution in [0.4, 0.5) is 0 Å². The molecule has 1 saturated heterocycles. The van der Waals surface area contributed by atoms with E-state index in [0.29, 0.717) is 5.92 Å². The first-order chi connectivity index (χ1) is 11.2. The quantitative estimate of drug-likeness (QED) is 0.803. The molecule has 24 heavy (non-hydrogen) atoms. The minimum Gasteiger partial charge on any atom is -0.373 e. The Kier molecular flexibility index (Phi) is 7.91. The Morgan fingerprint density at radius 2 is 1.79 bits per heavy atom. The number of benzene rings is 1. The van der Waals surface area contributed by atoms with Crippen molar-refractivity contribution in [3.63, 3.8) is 0 Å². The molecular formula is C21H37NO2. The van der Waals surface area contributed by atoms with Gasteiger partial charge in [0, 0.05) is 13.0 Å². The predicted octanol–water partition coefficient (Wildman–Crippen LogP) is 4.81. The van der Waals surface area contributed by atoms with E-state index in [4.69, 9.17) is 15.2 Å². The fraction of sp³-hybridized carbons (Fsp3) is 0.714. The molecular weight excluding hydrogens is 298 g/mol. The van der Waals surface area contributed by atoms with Gasteiger partial charge in [0.1, 0.15) is 5.72 Å². The first-order valence-corrected chi connectivity index (χ1v) is 9.21. The van der Waals surface area contributed by atoms with Crippen LogP contribution in [0.5, 0.6) is 0 Å². The van der Waals surface area contributed by atoms with Gasteiger partial charge in [0.15, 0.2) is 0 Å². The molecule has 1 aromatic rings. The summed E-state index contributed by atoms with van der Waals surface area (Å²) >= 11 is 0. The smallest absolute Gasteiger partial charge is 0.147 e. The van der Waals surface area contributed by atoms with Crippen molar-refractivity contribution in [3.05, 3.63) is 35.4 Å². The number of methoxy groups -OCH3 is 1. The SMILES string of the molecule is CCCC1CO[C@H](CC)[C@]1(N)OC.Cc1ccc(C(C)(C)C)cc1. The second-order valence-corrected chi connectivity index (χ2v) is 7.89. The van der Waals surface area contributed by atoms with Crippen molar-refractivity contribution in [2.45, 2.75) is 78.0 Å². The molecule has 0 aromatic heterocycles. The lowest BCUT2D eigenvalue weighted by Gasteiger charge is -2.32. The van der Waals surface area contributed by atoms with E-state index in [1.165, 1.54) is 11.1 Å². The Balaban J connectivity index is 0.000000243. The summed E-state index contributed by atoms with van der Waals surface area (Å²) in [6.45, 7) is 13.8. The van der Waals surface area contributed by atoms with Crippen LogP contribution in [0.2, 0.25) is 0 Å². The zero-order valence-electron chi connectivity index (χ0n) is 16.7. The van der Waals surface area contributed by atoms with Gasteiger partial charge in [-0.05, 0) is 30.7 Å². The summed E-state index contributed by atoms with van der Waals surface area (Å²) in [7, 11) is 1.68. The van der Waals surface area contributed by atoms with Gasteiger partial charge in [-0.2, -0.15) is 0 Å². The van der Waals surface area contributed by atoms with Crippen LogP contribution >= 0.6 is 0 Å². The number of aryl methyl sites for hydroxylation is 1. The van der Waals surface area contributed by atoms with Crippen molar-refractivity contribution in [1.82, 2.24) is 0 Å². The lowest BCUT2D eigenvalue weighted by Crippen LogP contribution is -2.53. The number of hydrogen-bond donors (Lipinski definition) is 1. The van der Waals surface area contributed by atoms with Gasteiger partial charge < -0.3 is 15.2 Å². The molecule has 1 heterocycles. The molecule has 3 nitrogen and oxygen atoms in total. The van der Waals surface area contributed by atoms with Crippen molar-refractivity contribution < 1.29 is 9.47 Å². The van der Waals surface area contributed by atoms with Crippen LogP contribution in [-0.4, -0.2) is 25.5 Å². The average Bonchev–Trinajstić information content (AvgIpc) is 2.85. The molecule has 2 N–H and O–H groups in total. The van der Waals surface area contributed by atoms with Gasteiger partial charge in [-0.25, -0.2) is 0 Å². The molecule has 0 aliphatic carbocycles. The van der Waals surface area contributed by atoms with E-state index in [9.17, 15) is 0 Å². The van der Waals surface area contributed by atoms with Crippen LogP contribution in [0.25, 0.3) is 0 Å². The standard InChI is InChI=1S/C11H16.C10H21NO2/c1-9-5-7-10(8-6-9)11(2,3)4;1-4-6-8-7-13-9(5-2)10(8,11)12-3/h5-8H,1-4H3;8-9H,4-7,11H2,1-3H3/t;8?,9-,10-/m.1/s1. The van der Waals surface area contributed by atoms with Gasteiger partial charge in [-0.1, -0.05) is 70.9 Å². The topological polar surface area (TPSA) is 44.5 Å². The first-order valence-electron chi connectivity index (χ1n) is 9.21. The monoisotopic (exact) mass is 335 g/mol. The summed E-state index contributed by atoms with van der Waals surface area (Å²) in [6.07, 6.45) is 3.20. The van der Waals surface area contributed by atoms with E-state index >= 15 is 0 Å². The number of hydrogen-bond acceptors (Lipinski definition) is 3. The Bertz CT molecular complexity index is 478. The highest BCUT2D eigenvalue weighted by Crippen LogP contribution is 2.34. The molecule has 0 radical (unpaired) electrons. The summed E-state index contributed by atoms with van der Waals surface area (Å²) in [5.41, 5.74) is 8.67.